The second-order valence-corrected chi connectivity index (χ2v) is 6.24. The molecule has 112 valence electrons. The van der Waals surface area contributed by atoms with E-state index in [1.807, 2.05) is 0 Å². The number of halogens is 1. The molecule has 0 saturated carbocycles. The fraction of sp³-hybridized carbons (Fsp3) is 0.214. The maximum Gasteiger partial charge on any atom is 0.241 e. The summed E-state index contributed by atoms with van der Waals surface area (Å²) in [6.45, 7) is 1.66. The third kappa shape index (κ3) is 3.77. The maximum absolute atomic E-state index is 13.2. The molecule has 2 aromatic rings. The first-order chi connectivity index (χ1) is 9.92. The van der Waals surface area contributed by atoms with Crippen LogP contribution in [0.2, 0.25) is 0 Å². The van der Waals surface area contributed by atoms with Crippen molar-refractivity contribution < 1.29 is 12.8 Å². The summed E-state index contributed by atoms with van der Waals surface area (Å²) in [7, 11) is -2.05. The Morgan fingerprint density at radius 2 is 2.00 bits per heavy atom. The third-order valence-electron chi connectivity index (χ3n) is 2.98. The van der Waals surface area contributed by atoms with Crippen molar-refractivity contribution in [3.63, 3.8) is 0 Å². The van der Waals surface area contributed by atoms with Crippen LogP contribution in [0.3, 0.4) is 0 Å². The van der Waals surface area contributed by atoms with Crippen molar-refractivity contribution in [3.8, 4) is 0 Å². The summed E-state index contributed by atoms with van der Waals surface area (Å²) in [4.78, 5) is 4.07. The lowest BCUT2D eigenvalue weighted by atomic mass is 10.1. The monoisotopic (exact) mass is 309 g/mol. The van der Waals surface area contributed by atoms with Crippen LogP contribution in [0, 0.1) is 5.82 Å². The van der Waals surface area contributed by atoms with Gasteiger partial charge in [0.2, 0.25) is 10.0 Å². The van der Waals surface area contributed by atoms with Crippen LogP contribution in [-0.2, 0) is 10.0 Å². The van der Waals surface area contributed by atoms with Gasteiger partial charge in [0, 0.05) is 25.4 Å². The van der Waals surface area contributed by atoms with E-state index in [4.69, 9.17) is 0 Å². The van der Waals surface area contributed by atoms with Crippen LogP contribution < -0.4 is 10.0 Å². The summed E-state index contributed by atoms with van der Waals surface area (Å²) in [5.41, 5.74) is 0.557. The number of benzene rings is 1. The summed E-state index contributed by atoms with van der Waals surface area (Å²) in [5, 5.41) is 2.78. The van der Waals surface area contributed by atoms with E-state index in [1.165, 1.54) is 30.5 Å². The molecule has 1 heterocycles. The number of hydrogen-bond acceptors (Lipinski definition) is 4. The van der Waals surface area contributed by atoms with Crippen molar-refractivity contribution >= 4 is 15.8 Å². The van der Waals surface area contributed by atoms with Gasteiger partial charge in [-0.2, -0.15) is 0 Å². The van der Waals surface area contributed by atoms with E-state index >= 15 is 0 Å². The number of aromatic nitrogens is 1. The molecule has 7 heteroatoms. The van der Waals surface area contributed by atoms with Crippen molar-refractivity contribution in [1.82, 2.24) is 9.71 Å². The molecule has 1 atom stereocenters. The molecule has 2 N–H and O–H groups in total. The van der Waals surface area contributed by atoms with E-state index in [2.05, 4.69) is 15.0 Å². The van der Waals surface area contributed by atoms with Crippen molar-refractivity contribution in [1.29, 1.82) is 0 Å². The Bertz CT molecular complexity index is 735. The summed E-state index contributed by atoms with van der Waals surface area (Å²) in [6, 6.07) is 8.12. The Morgan fingerprint density at radius 1 is 1.24 bits per heavy atom. The molecule has 0 saturated heterocycles. The summed E-state index contributed by atoms with van der Waals surface area (Å²) < 4.78 is 40.3. The van der Waals surface area contributed by atoms with Crippen LogP contribution in [0.25, 0.3) is 0 Å². The van der Waals surface area contributed by atoms with Gasteiger partial charge in [-0.1, -0.05) is 12.1 Å². The normalized spacial score (nSPS) is 12.9. The molecule has 0 aliphatic heterocycles. The summed E-state index contributed by atoms with van der Waals surface area (Å²) in [6.07, 6.45) is 1.41. The molecule has 0 aliphatic carbocycles. The van der Waals surface area contributed by atoms with Crippen molar-refractivity contribution in [3.05, 3.63) is 54.0 Å². The largest absolute Gasteiger partial charge is 0.373 e. The molecule has 0 fully saturated rings. The van der Waals surface area contributed by atoms with Gasteiger partial charge in [0.15, 0.2) is 0 Å². The van der Waals surface area contributed by atoms with Gasteiger partial charge in [0.05, 0.1) is 4.90 Å². The van der Waals surface area contributed by atoms with Crippen LogP contribution in [0.5, 0.6) is 0 Å². The first kappa shape index (κ1) is 15.4. The molecule has 1 aromatic heterocycles. The molecule has 0 radical (unpaired) electrons. The Labute approximate surface area is 123 Å². The summed E-state index contributed by atoms with van der Waals surface area (Å²) in [5.74, 6) is 0.0520. The highest BCUT2D eigenvalue weighted by Crippen LogP contribution is 2.18. The van der Waals surface area contributed by atoms with Gasteiger partial charge in [0.25, 0.3) is 0 Å². The number of sulfonamides is 1. The Balaban J connectivity index is 2.24. The minimum absolute atomic E-state index is 0.102. The minimum atomic E-state index is -3.71. The SMILES string of the molecule is CNc1cc(S(=O)(=O)NC(C)c2cccc(F)c2)ccn1. The van der Waals surface area contributed by atoms with E-state index in [9.17, 15) is 12.8 Å². The van der Waals surface area contributed by atoms with Crippen molar-refractivity contribution in [2.24, 2.45) is 0 Å². The highest BCUT2D eigenvalue weighted by atomic mass is 32.2. The molecular weight excluding hydrogens is 293 g/mol. The zero-order valence-electron chi connectivity index (χ0n) is 11.7. The lowest BCUT2D eigenvalue weighted by molar-refractivity contribution is 0.564. The predicted octanol–water partition coefficient (Wildman–Crippen LogP) is 2.30. The molecule has 0 amide bonds. The van der Waals surface area contributed by atoms with E-state index in [-0.39, 0.29) is 4.90 Å². The fourth-order valence-corrected chi connectivity index (χ4v) is 3.10. The van der Waals surface area contributed by atoms with E-state index in [0.29, 0.717) is 11.4 Å². The van der Waals surface area contributed by atoms with E-state index < -0.39 is 21.9 Å². The molecule has 0 bridgehead atoms. The lowest BCUT2D eigenvalue weighted by Gasteiger charge is -2.15. The molecule has 21 heavy (non-hydrogen) atoms. The van der Waals surface area contributed by atoms with Crippen LogP contribution >= 0.6 is 0 Å². The third-order valence-corrected chi connectivity index (χ3v) is 4.52. The first-order valence-corrected chi connectivity index (χ1v) is 7.82. The molecule has 2 rings (SSSR count). The number of pyridine rings is 1. The summed E-state index contributed by atoms with van der Waals surface area (Å²) >= 11 is 0. The van der Waals surface area contributed by atoms with Crippen LogP contribution in [-0.4, -0.2) is 20.4 Å². The number of rotatable bonds is 5. The predicted molar refractivity (Wildman–Crippen MR) is 78.9 cm³/mol. The quantitative estimate of drug-likeness (QED) is 0.889. The van der Waals surface area contributed by atoms with Gasteiger partial charge >= 0.3 is 0 Å². The van der Waals surface area contributed by atoms with Gasteiger partial charge in [-0.15, -0.1) is 0 Å². The Morgan fingerprint density at radius 3 is 2.67 bits per heavy atom. The maximum atomic E-state index is 13.2. The first-order valence-electron chi connectivity index (χ1n) is 6.34. The molecule has 1 aromatic carbocycles. The van der Waals surface area contributed by atoms with E-state index in [1.54, 1.807) is 26.1 Å². The number of anilines is 1. The highest BCUT2D eigenvalue weighted by molar-refractivity contribution is 7.89. The van der Waals surface area contributed by atoms with Gasteiger partial charge < -0.3 is 5.32 Å². The van der Waals surface area contributed by atoms with Crippen molar-refractivity contribution in [2.75, 3.05) is 12.4 Å². The minimum Gasteiger partial charge on any atom is -0.373 e. The number of nitrogens with zero attached hydrogens (tertiary/aromatic N) is 1. The average Bonchev–Trinajstić information content (AvgIpc) is 2.47. The van der Waals surface area contributed by atoms with E-state index in [0.717, 1.165) is 0 Å². The van der Waals surface area contributed by atoms with Crippen molar-refractivity contribution in [2.45, 2.75) is 17.9 Å². The molecule has 1 unspecified atom stereocenters. The highest BCUT2D eigenvalue weighted by Gasteiger charge is 2.19. The fourth-order valence-electron chi connectivity index (χ4n) is 1.86. The van der Waals surface area contributed by atoms with Gasteiger partial charge in [-0.25, -0.2) is 22.5 Å². The second-order valence-electron chi connectivity index (χ2n) is 4.52. The van der Waals surface area contributed by atoms with Gasteiger partial charge in [-0.3, -0.25) is 0 Å². The number of nitrogens with one attached hydrogen (secondary N) is 2. The second kappa shape index (κ2) is 6.19. The Hall–Kier alpha value is -1.99. The smallest absolute Gasteiger partial charge is 0.241 e. The Kier molecular flexibility index (Phi) is 4.54. The molecular formula is C14H16FN3O2S. The average molecular weight is 309 g/mol. The zero-order valence-corrected chi connectivity index (χ0v) is 12.5. The molecule has 0 aliphatic rings. The van der Waals surface area contributed by atoms with Crippen LogP contribution in [0.4, 0.5) is 10.2 Å². The van der Waals surface area contributed by atoms with Crippen LogP contribution in [0.1, 0.15) is 18.5 Å². The number of hydrogen-bond donors (Lipinski definition) is 2. The zero-order chi connectivity index (χ0) is 15.5. The van der Waals surface area contributed by atoms with Crippen LogP contribution in [0.15, 0.2) is 47.5 Å². The standard InChI is InChI=1S/C14H16FN3O2S/c1-10(11-4-3-5-12(15)8-11)18-21(19,20)13-6-7-17-14(9-13)16-2/h3-10,18H,1-2H3,(H,16,17). The molecule has 5 nitrogen and oxygen atoms in total. The molecule has 0 spiro atoms. The lowest BCUT2D eigenvalue weighted by Crippen LogP contribution is -2.27. The van der Waals surface area contributed by atoms with Gasteiger partial charge in [-0.05, 0) is 30.7 Å². The topological polar surface area (TPSA) is 71.1 Å². The van der Waals surface area contributed by atoms with Gasteiger partial charge in [0.1, 0.15) is 11.6 Å².